The molecule has 51 heavy (non-hydrogen) atoms. The van der Waals surface area contributed by atoms with Crippen LogP contribution in [0, 0.1) is 0 Å². The first-order chi connectivity index (χ1) is 25.2. The van der Waals surface area contributed by atoms with Crippen LogP contribution in [0.3, 0.4) is 0 Å². The molecule has 5 nitrogen and oxygen atoms in total. The fourth-order valence-corrected chi connectivity index (χ4v) is 7.70. The number of imidazole rings is 1. The van der Waals surface area contributed by atoms with Gasteiger partial charge in [0.25, 0.3) is 0 Å². The molecule has 0 bridgehead atoms. The number of hydrogen-bond acceptors (Lipinski definition) is 5. The Kier molecular flexibility index (Phi) is 6.93. The lowest BCUT2D eigenvalue weighted by Gasteiger charge is -2.12. The van der Waals surface area contributed by atoms with Gasteiger partial charge in [-0.15, -0.1) is 11.3 Å². The molecule has 240 valence electrons. The van der Waals surface area contributed by atoms with Gasteiger partial charge in [-0.1, -0.05) is 91.0 Å². The molecule has 0 spiro atoms. The predicted octanol–water partition coefficient (Wildman–Crippen LogP) is 12.1. The van der Waals surface area contributed by atoms with Crippen LogP contribution in [0.5, 0.6) is 0 Å². The summed E-state index contributed by atoms with van der Waals surface area (Å²) in [5.41, 5.74) is 13.3. The molecule has 0 saturated heterocycles. The largest absolute Gasteiger partial charge is 0.436 e. The van der Waals surface area contributed by atoms with Crippen molar-refractivity contribution in [1.82, 2.24) is 19.5 Å². The Hall–Kier alpha value is -6.63. The van der Waals surface area contributed by atoms with Crippen LogP contribution in [0.15, 0.2) is 174 Å². The highest BCUT2D eigenvalue weighted by Crippen LogP contribution is 2.38. The zero-order valence-corrected chi connectivity index (χ0v) is 28.1. The molecule has 7 aromatic carbocycles. The Morgan fingerprint density at radius 2 is 1.02 bits per heavy atom. The van der Waals surface area contributed by atoms with Crippen molar-refractivity contribution >= 4 is 43.7 Å². The van der Waals surface area contributed by atoms with Gasteiger partial charge in [-0.2, -0.15) is 0 Å². The van der Waals surface area contributed by atoms with E-state index in [1.807, 2.05) is 42.5 Å². The van der Waals surface area contributed by atoms with Gasteiger partial charge >= 0.3 is 0 Å². The van der Waals surface area contributed by atoms with Crippen molar-refractivity contribution in [2.45, 2.75) is 0 Å². The van der Waals surface area contributed by atoms with Crippen LogP contribution in [-0.4, -0.2) is 19.5 Å². The first-order valence-corrected chi connectivity index (χ1v) is 17.7. The lowest BCUT2D eigenvalue weighted by Crippen LogP contribution is -1.97. The summed E-state index contributed by atoms with van der Waals surface area (Å²) in [5, 5.41) is 0.996. The number of benzene rings is 7. The van der Waals surface area contributed by atoms with E-state index in [-0.39, 0.29) is 0 Å². The highest BCUT2D eigenvalue weighted by molar-refractivity contribution is 7.21. The van der Waals surface area contributed by atoms with Crippen LogP contribution in [0.2, 0.25) is 0 Å². The molecule has 0 atom stereocenters. The van der Waals surface area contributed by atoms with Gasteiger partial charge in [0, 0.05) is 22.4 Å². The standard InChI is InChI=1S/C45H28N4OS/c1-2-10-36(11-3-1)49-40-15-7-4-12-37(40)46-43(49)31-22-18-29(19-23-31)33-26-34(28-35(27-33)45-48-39-14-6-9-17-42(39)51-45)30-20-24-32(25-21-30)44-47-38-13-5-8-16-41(38)50-44/h1-28H. The van der Waals surface area contributed by atoms with E-state index in [0.717, 1.165) is 83.1 Å². The molecule has 0 saturated carbocycles. The lowest BCUT2D eigenvalue weighted by atomic mass is 9.95. The second kappa shape index (κ2) is 12.1. The number of rotatable bonds is 6. The Morgan fingerprint density at radius 1 is 0.431 bits per heavy atom. The first kappa shape index (κ1) is 29.3. The van der Waals surface area contributed by atoms with Gasteiger partial charge in [-0.05, 0) is 101 Å². The minimum absolute atomic E-state index is 0.618. The van der Waals surface area contributed by atoms with E-state index in [0.29, 0.717) is 5.89 Å². The van der Waals surface area contributed by atoms with Crippen molar-refractivity contribution in [3.05, 3.63) is 170 Å². The Labute approximate surface area is 297 Å². The highest BCUT2D eigenvalue weighted by atomic mass is 32.1. The van der Waals surface area contributed by atoms with Crippen molar-refractivity contribution in [1.29, 1.82) is 0 Å². The summed E-state index contributed by atoms with van der Waals surface area (Å²) in [7, 11) is 0. The monoisotopic (exact) mass is 672 g/mol. The SMILES string of the molecule is c1ccc(-n2c(-c3ccc(-c4cc(-c5ccc(-c6nc7ccccc7o6)cc5)cc(-c5nc6ccccc6s5)c4)cc3)nc3ccccc32)cc1. The van der Waals surface area contributed by atoms with Crippen LogP contribution in [0.4, 0.5) is 0 Å². The topological polar surface area (TPSA) is 56.7 Å². The zero-order valence-electron chi connectivity index (χ0n) is 27.3. The summed E-state index contributed by atoms with van der Waals surface area (Å²) in [5.74, 6) is 1.53. The van der Waals surface area contributed by atoms with E-state index in [1.54, 1.807) is 11.3 Å². The van der Waals surface area contributed by atoms with Gasteiger partial charge in [-0.3, -0.25) is 4.57 Å². The second-order valence-corrected chi connectivity index (χ2v) is 13.6. The van der Waals surface area contributed by atoms with Gasteiger partial charge in [0.1, 0.15) is 16.3 Å². The predicted molar refractivity (Wildman–Crippen MR) is 209 cm³/mol. The average molecular weight is 673 g/mol. The number of oxazole rings is 1. The molecule has 6 heteroatoms. The zero-order chi connectivity index (χ0) is 33.7. The van der Waals surface area contributed by atoms with Crippen LogP contribution in [-0.2, 0) is 0 Å². The summed E-state index contributed by atoms with van der Waals surface area (Å²) in [6.07, 6.45) is 0. The number of fused-ring (bicyclic) bond motifs is 3. The molecule has 10 rings (SSSR count). The molecular formula is C45H28N4OS. The summed E-state index contributed by atoms with van der Waals surface area (Å²) in [6.45, 7) is 0. The smallest absolute Gasteiger partial charge is 0.227 e. The number of nitrogens with zero attached hydrogens (tertiary/aromatic N) is 4. The maximum Gasteiger partial charge on any atom is 0.227 e. The Bertz CT molecular complexity index is 2780. The lowest BCUT2D eigenvalue weighted by molar-refractivity contribution is 0.620. The quantitative estimate of drug-likeness (QED) is 0.176. The minimum Gasteiger partial charge on any atom is -0.436 e. The molecule has 0 aliphatic rings. The molecule has 0 radical (unpaired) electrons. The number of hydrogen-bond donors (Lipinski definition) is 0. The van der Waals surface area contributed by atoms with Crippen LogP contribution in [0.1, 0.15) is 0 Å². The summed E-state index contributed by atoms with van der Waals surface area (Å²) < 4.78 is 9.46. The van der Waals surface area contributed by atoms with E-state index >= 15 is 0 Å². The van der Waals surface area contributed by atoms with Gasteiger partial charge < -0.3 is 4.42 Å². The van der Waals surface area contributed by atoms with Gasteiger partial charge in [0.2, 0.25) is 5.89 Å². The molecule has 0 N–H and O–H groups in total. The molecule has 0 amide bonds. The Balaban J connectivity index is 1.06. The van der Waals surface area contributed by atoms with E-state index in [4.69, 9.17) is 19.4 Å². The molecule has 3 heterocycles. The summed E-state index contributed by atoms with van der Waals surface area (Å²) >= 11 is 1.72. The Morgan fingerprint density at radius 3 is 1.75 bits per heavy atom. The fraction of sp³-hybridized carbons (Fsp3) is 0. The molecule has 0 unspecified atom stereocenters. The molecule has 0 aliphatic carbocycles. The highest BCUT2D eigenvalue weighted by Gasteiger charge is 2.16. The maximum absolute atomic E-state index is 6.05. The first-order valence-electron chi connectivity index (χ1n) is 16.8. The van der Waals surface area contributed by atoms with E-state index < -0.39 is 0 Å². The molecule has 0 aliphatic heterocycles. The van der Waals surface area contributed by atoms with Gasteiger partial charge in [0.15, 0.2) is 5.58 Å². The summed E-state index contributed by atoms with van der Waals surface area (Å²) in [4.78, 5) is 14.8. The van der Waals surface area contributed by atoms with E-state index in [9.17, 15) is 0 Å². The number of aromatic nitrogens is 4. The van der Waals surface area contributed by atoms with Gasteiger partial charge in [0.05, 0.1) is 21.3 Å². The summed E-state index contributed by atoms with van der Waals surface area (Å²) in [6, 6.07) is 58.8. The van der Waals surface area contributed by atoms with E-state index in [1.165, 1.54) is 4.70 Å². The molecule has 3 aromatic heterocycles. The third-order valence-corrected chi connectivity index (χ3v) is 10.4. The van der Waals surface area contributed by atoms with Crippen molar-refractivity contribution < 1.29 is 4.42 Å². The van der Waals surface area contributed by atoms with Crippen molar-refractivity contribution in [3.8, 4) is 61.4 Å². The van der Waals surface area contributed by atoms with Crippen molar-refractivity contribution in [3.63, 3.8) is 0 Å². The van der Waals surface area contributed by atoms with E-state index in [2.05, 4.69) is 132 Å². The van der Waals surface area contributed by atoms with Gasteiger partial charge in [-0.25, -0.2) is 15.0 Å². The molecule has 10 aromatic rings. The van der Waals surface area contributed by atoms with Crippen LogP contribution < -0.4 is 0 Å². The fourth-order valence-electron chi connectivity index (χ4n) is 6.75. The molecule has 0 fully saturated rings. The minimum atomic E-state index is 0.618. The third-order valence-electron chi connectivity index (χ3n) is 9.28. The van der Waals surface area contributed by atoms with Crippen LogP contribution in [0.25, 0.3) is 93.7 Å². The average Bonchev–Trinajstić information content (AvgIpc) is 3.94. The second-order valence-electron chi connectivity index (χ2n) is 12.5. The maximum atomic E-state index is 6.05. The number of thiazole rings is 1. The van der Waals surface area contributed by atoms with Crippen molar-refractivity contribution in [2.24, 2.45) is 0 Å². The van der Waals surface area contributed by atoms with Crippen molar-refractivity contribution in [2.75, 3.05) is 0 Å². The normalized spacial score (nSPS) is 11.5. The molecular weight excluding hydrogens is 645 g/mol. The third kappa shape index (κ3) is 5.30. The number of para-hydroxylation sites is 6. The van der Waals surface area contributed by atoms with Crippen LogP contribution >= 0.6 is 11.3 Å².